The lowest BCUT2D eigenvalue weighted by atomic mass is 9.95. The third kappa shape index (κ3) is 4.85. The first-order valence-corrected chi connectivity index (χ1v) is 8.72. The Morgan fingerprint density at radius 1 is 1.35 bits per heavy atom. The van der Waals surface area contributed by atoms with Crippen LogP contribution in [0.1, 0.15) is 42.6 Å². The van der Waals surface area contributed by atoms with Gasteiger partial charge in [-0.25, -0.2) is 4.98 Å². The third-order valence-corrected chi connectivity index (χ3v) is 4.10. The number of nitrogens with one attached hydrogen (secondary N) is 1. The monoisotopic (exact) mass is 377 g/mol. The molecule has 1 aromatic carbocycles. The Labute approximate surface area is 158 Å². The molecule has 140 valence electrons. The van der Waals surface area contributed by atoms with Gasteiger partial charge in [0.1, 0.15) is 23.7 Å². The van der Waals surface area contributed by atoms with Crippen LogP contribution in [0.2, 0.25) is 5.02 Å². The summed E-state index contributed by atoms with van der Waals surface area (Å²) in [5.41, 5.74) is -0.244. The highest BCUT2D eigenvalue weighted by molar-refractivity contribution is 6.30. The number of carbonyl (C=O) groups excluding carboxylic acids is 1. The number of hydrogen-bond donors (Lipinski definition) is 1. The van der Waals surface area contributed by atoms with Gasteiger partial charge < -0.3 is 14.6 Å². The van der Waals surface area contributed by atoms with Gasteiger partial charge in [-0.15, -0.1) is 0 Å². The molecule has 0 bridgehead atoms. The van der Waals surface area contributed by atoms with Crippen molar-refractivity contribution in [2.45, 2.75) is 33.1 Å². The molecular weight excluding hydrogens is 354 g/mol. The quantitative estimate of drug-likeness (QED) is 0.868. The zero-order valence-corrected chi connectivity index (χ0v) is 16.5. The van der Waals surface area contributed by atoms with Crippen LogP contribution in [-0.2, 0) is 5.41 Å². The molecule has 1 aromatic heterocycles. The van der Waals surface area contributed by atoms with Gasteiger partial charge in [0.25, 0.3) is 11.5 Å². The number of aromatic amines is 1. The molecular formula is C19H24ClN3O3. The van der Waals surface area contributed by atoms with Crippen molar-refractivity contribution in [2.75, 3.05) is 20.2 Å². The number of amides is 1. The van der Waals surface area contributed by atoms with Crippen LogP contribution in [0.4, 0.5) is 0 Å². The first-order chi connectivity index (χ1) is 12.1. The van der Waals surface area contributed by atoms with Crippen molar-refractivity contribution in [3.05, 3.63) is 56.7 Å². The maximum atomic E-state index is 12.6. The highest BCUT2D eigenvalue weighted by Crippen LogP contribution is 2.18. The number of aromatic nitrogens is 2. The van der Waals surface area contributed by atoms with Gasteiger partial charge in [-0.05, 0) is 25.1 Å². The Kier molecular flexibility index (Phi) is 6.08. The van der Waals surface area contributed by atoms with Gasteiger partial charge in [0, 0.05) is 17.5 Å². The standard InChI is InChI=1S/C19H24ClN3O3/c1-12-15(16(24)22-18(21-12)19(2,3)4)17(25)23(5)9-10-26-14-8-6-7-13(20)11-14/h6-8,11H,9-10H2,1-5H3,(H,21,22,24). The number of carbonyl (C=O) groups is 1. The number of H-pyrrole nitrogens is 1. The molecule has 0 spiro atoms. The number of aryl methyl sites for hydroxylation is 1. The second-order valence-electron chi connectivity index (χ2n) is 7.16. The number of hydrogen-bond acceptors (Lipinski definition) is 4. The summed E-state index contributed by atoms with van der Waals surface area (Å²) < 4.78 is 5.59. The molecule has 6 nitrogen and oxygen atoms in total. The number of benzene rings is 1. The summed E-state index contributed by atoms with van der Waals surface area (Å²) in [6.45, 7) is 8.13. The molecule has 1 heterocycles. The number of nitrogens with zero attached hydrogens (tertiary/aromatic N) is 2. The summed E-state index contributed by atoms with van der Waals surface area (Å²) in [6.07, 6.45) is 0. The lowest BCUT2D eigenvalue weighted by Gasteiger charge is -2.21. The number of halogens is 1. The lowest BCUT2D eigenvalue weighted by Crippen LogP contribution is -2.37. The minimum Gasteiger partial charge on any atom is -0.492 e. The smallest absolute Gasteiger partial charge is 0.264 e. The van der Waals surface area contributed by atoms with Crippen molar-refractivity contribution in [3.8, 4) is 5.75 Å². The van der Waals surface area contributed by atoms with Crippen LogP contribution in [0.25, 0.3) is 0 Å². The minimum atomic E-state index is -0.421. The van der Waals surface area contributed by atoms with Crippen LogP contribution in [0, 0.1) is 6.92 Å². The van der Waals surface area contributed by atoms with E-state index in [0.29, 0.717) is 28.8 Å². The van der Waals surface area contributed by atoms with E-state index in [4.69, 9.17) is 16.3 Å². The van der Waals surface area contributed by atoms with Crippen molar-refractivity contribution in [1.29, 1.82) is 0 Å². The average molecular weight is 378 g/mol. The molecule has 0 atom stereocenters. The SMILES string of the molecule is Cc1nc(C(C)(C)C)[nH]c(=O)c1C(=O)N(C)CCOc1cccc(Cl)c1. The molecule has 0 saturated heterocycles. The van der Waals surface area contributed by atoms with E-state index < -0.39 is 5.56 Å². The highest BCUT2D eigenvalue weighted by atomic mass is 35.5. The summed E-state index contributed by atoms with van der Waals surface area (Å²) in [6, 6.07) is 7.04. The van der Waals surface area contributed by atoms with E-state index in [9.17, 15) is 9.59 Å². The molecule has 0 aliphatic heterocycles. The second kappa shape index (κ2) is 7.91. The van der Waals surface area contributed by atoms with E-state index in [1.54, 1.807) is 38.2 Å². The molecule has 1 N–H and O–H groups in total. The Morgan fingerprint density at radius 2 is 2.04 bits per heavy atom. The van der Waals surface area contributed by atoms with Crippen LogP contribution in [-0.4, -0.2) is 41.0 Å². The summed E-state index contributed by atoms with van der Waals surface area (Å²) in [5, 5.41) is 0.583. The largest absolute Gasteiger partial charge is 0.492 e. The topological polar surface area (TPSA) is 75.3 Å². The average Bonchev–Trinajstić information content (AvgIpc) is 2.53. The van der Waals surface area contributed by atoms with E-state index in [0.717, 1.165) is 0 Å². The molecule has 2 rings (SSSR count). The molecule has 0 radical (unpaired) electrons. The summed E-state index contributed by atoms with van der Waals surface area (Å²) in [7, 11) is 1.63. The molecule has 0 unspecified atom stereocenters. The fourth-order valence-corrected chi connectivity index (χ4v) is 2.52. The summed E-state index contributed by atoms with van der Waals surface area (Å²) in [4.78, 5) is 33.6. The highest BCUT2D eigenvalue weighted by Gasteiger charge is 2.23. The van der Waals surface area contributed by atoms with Crippen molar-refractivity contribution < 1.29 is 9.53 Å². The van der Waals surface area contributed by atoms with Gasteiger partial charge in [0.15, 0.2) is 0 Å². The molecule has 1 amide bonds. The van der Waals surface area contributed by atoms with E-state index in [-0.39, 0.29) is 23.5 Å². The maximum Gasteiger partial charge on any atom is 0.264 e. The normalized spacial score (nSPS) is 11.3. The fourth-order valence-electron chi connectivity index (χ4n) is 2.34. The molecule has 0 saturated carbocycles. The van der Waals surface area contributed by atoms with Crippen molar-refractivity contribution in [2.24, 2.45) is 0 Å². The zero-order chi connectivity index (χ0) is 19.5. The van der Waals surface area contributed by atoms with Gasteiger partial charge in [-0.3, -0.25) is 9.59 Å². The molecule has 7 heteroatoms. The van der Waals surface area contributed by atoms with Crippen LogP contribution < -0.4 is 10.3 Å². The predicted molar refractivity (Wildman–Crippen MR) is 102 cm³/mol. The van der Waals surface area contributed by atoms with Crippen LogP contribution in [0.5, 0.6) is 5.75 Å². The number of ether oxygens (including phenoxy) is 1. The molecule has 2 aromatic rings. The van der Waals surface area contributed by atoms with E-state index in [1.807, 2.05) is 20.8 Å². The van der Waals surface area contributed by atoms with E-state index in [1.165, 1.54) is 4.90 Å². The Balaban J connectivity index is 2.07. The molecule has 0 fully saturated rings. The number of likely N-dealkylation sites (N-methyl/N-ethyl adjacent to an activating group) is 1. The predicted octanol–water partition coefficient (Wildman–Crippen LogP) is 3.18. The first kappa shape index (κ1) is 20.0. The second-order valence-corrected chi connectivity index (χ2v) is 7.59. The van der Waals surface area contributed by atoms with Gasteiger partial charge in [-0.2, -0.15) is 0 Å². The van der Waals surface area contributed by atoms with Gasteiger partial charge >= 0.3 is 0 Å². The Morgan fingerprint density at radius 3 is 2.62 bits per heavy atom. The van der Waals surface area contributed by atoms with Gasteiger partial charge in [-0.1, -0.05) is 38.4 Å². The van der Waals surface area contributed by atoms with Gasteiger partial charge in [0.05, 0.1) is 12.2 Å². The molecule has 0 aliphatic rings. The summed E-state index contributed by atoms with van der Waals surface area (Å²) >= 11 is 5.91. The van der Waals surface area contributed by atoms with Crippen molar-refractivity contribution in [1.82, 2.24) is 14.9 Å². The molecule has 26 heavy (non-hydrogen) atoms. The minimum absolute atomic E-state index is 0.0586. The Bertz CT molecular complexity index is 856. The van der Waals surface area contributed by atoms with E-state index in [2.05, 4.69) is 9.97 Å². The first-order valence-electron chi connectivity index (χ1n) is 8.35. The van der Waals surface area contributed by atoms with E-state index >= 15 is 0 Å². The van der Waals surface area contributed by atoms with Crippen LogP contribution >= 0.6 is 11.6 Å². The van der Waals surface area contributed by atoms with Crippen molar-refractivity contribution in [3.63, 3.8) is 0 Å². The van der Waals surface area contributed by atoms with Crippen LogP contribution in [0.3, 0.4) is 0 Å². The zero-order valence-electron chi connectivity index (χ0n) is 15.7. The lowest BCUT2D eigenvalue weighted by molar-refractivity contribution is 0.0770. The van der Waals surface area contributed by atoms with Crippen molar-refractivity contribution >= 4 is 17.5 Å². The van der Waals surface area contributed by atoms with Crippen LogP contribution in [0.15, 0.2) is 29.1 Å². The number of rotatable bonds is 5. The fraction of sp³-hybridized carbons (Fsp3) is 0.421. The third-order valence-electron chi connectivity index (χ3n) is 3.86. The maximum absolute atomic E-state index is 12.6. The molecule has 0 aliphatic carbocycles. The summed E-state index contributed by atoms with van der Waals surface area (Å²) in [5.74, 6) is 0.804. The Hall–Kier alpha value is -2.34. The van der Waals surface area contributed by atoms with Gasteiger partial charge in [0.2, 0.25) is 0 Å².